The van der Waals surface area contributed by atoms with E-state index in [2.05, 4.69) is 48.0 Å². The Bertz CT molecular complexity index is 886. The number of amides is 1. The predicted molar refractivity (Wildman–Crippen MR) is 108 cm³/mol. The first kappa shape index (κ1) is 18.5. The number of nitrogens with zero attached hydrogens (tertiary/aromatic N) is 3. The molecule has 1 heterocycles. The average Bonchev–Trinajstić information content (AvgIpc) is 2.99. The monoisotopic (exact) mass is 367 g/mol. The van der Waals surface area contributed by atoms with Crippen LogP contribution in [0.1, 0.15) is 21.7 Å². The zero-order chi connectivity index (χ0) is 18.7. The van der Waals surface area contributed by atoms with E-state index in [9.17, 15) is 4.79 Å². The van der Waals surface area contributed by atoms with Crippen LogP contribution in [0.2, 0.25) is 0 Å². The Kier molecular flexibility index (Phi) is 5.69. The van der Waals surface area contributed by atoms with Crippen LogP contribution in [0.15, 0.2) is 42.5 Å². The highest BCUT2D eigenvalue weighted by Gasteiger charge is 2.15. The highest BCUT2D eigenvalue weighted by Crippen LogP contribution is 2.22. The molecule has 0 fully saturated rings. The van der Waals surface area contributed by atoms with E-state index in [0.29, 0.717) is 13.1 Å². The molecule has 4 nitrogen and oxygen atoms in total. The maximum absolute atomic E-state index is 12.6. The second-order valence-corrected chi connectivity index (χ2v) is 8.04. The van der Waals surface area contributed by atoms with E-state index in [-0.39, 0.29) is 5.91 Å². The summed E-state index contributed by atoms with van der Waals surface area (Å²) in [6, 6.07) is 14.5. The maximum atomic E-state index is 12.6. The van der Waals surface area contributed by atoms with Crippen LogP contribution < -0.4 is 0 Å². The molecule has 136 valence electrons. The summed E-state index contributed by atoms with van der Waals surface area (Å²) in [5.41, 5.74) is 4.80. The summed E-state index contributed by atoms with van der Waals surface area (Å²) < 4.78 is 1.16. The van der Waals surface area contributed by atoms with Gasteiger partial charge in [0.1, 0.15) is 5.01 Å². The molecule has 0 aliphatic heterocycles. The lowest BCUT2D eigenvalue weighted by Gasteiger charge is -2.22. The van der Waals surface area contributed by atoms with E-state index >= 15 is 0 Å². The Morgan fingerprint density at radius 1 is 1.08 bits per heavy atom. The molecule has 0 atom stereocenters. The summed E-state index contributed by atoms with van der Waals surface area (Å²) in [5.74, 6) is 0.108. The van der Waals surface area contributed by atoms with Crippen molar-refractivity contribution in [2.45, 2.75) is 26.9 Å². The van der Waals surface area contributed by atoms with Gasteiger partial charge in [-0.15, -0.1) is 11.3 Å². The summed E-state index contributed by atoms with van der Waals surface area (Å²) in [6.45, 7) is 5.94. The smallest absolute Gasteiger partial charge is 0.236 e. The van der Waals surface area contributed by atoms with Crippen molar-refractivity contribution in [1.82, 2.24) is 14.8 Å². The fraction of sp³-hybridized carbons (Fsp3) is 0.333. The van der Waals surface area contributed by atoms with Gasteiger partial charge in [0.2, 0.25) is 5.91 Å². The number of aryl methyl sites for hydroxylation is 2. The number of fused-ring (bicyclic) bond motifs is 1. The fourth-order valence-electron chi connectivity index (χ4n) is 3.00. The molecule has 3 rings (SSSR count). The van der Waals surface area contributed by atoms with Crippen molar-refractivity contribution in [3.8, 4) is 0 Å². The molecule has 0 spiro atoms. The van der Waals surface area contributed by atoms with Gasteiger partial charge in [-0.05, 0) is 44.2 Å². The van der Waals surface area contributed by atoms with Crippen LogP contribution in [0.5, 0.6) is 0 Å². The number of likely N-dealkylation sites (N-methyl/N-ethyl adjacent to an activating group) is 2. The van der Waals surface area contributed by atoms with Crippen molar-refractivity contribution < 1.29 is 4.79 Å². The second kappa shape index (κ2) is 7.98. The third-order valence-corrected chi connectivity index (χ3v) is 5.50. The van der Waals surface area contributed by atoms with Crippen LogP contribution in [0.4, 0.5) is 0 Å². The van der Waals surface area contributed by atoms with Gasteiger partial charge in [-0.3, -0.25) is 9.69 Å². The van der Waals surface area contributed by atoms with Crippen molar-refractivity contribution in [2.24, 2.45) is 0 Å². The zero-order valence-electron chi connectivity index (χ0n) is 15.8. The molecular formula is C21H25N3OS. The minimum atomic E-state index is 0.108. The molecule has 5 heteroatoms. The van der Waals surface area contributed by atoms with Gasteiger partial charge in [0.15, 0.2) is 0 Å². The normalized spacial score (nSPS) is 11.3. The number of benzene rings is 2. The Balaban J connectivity index is 1.57. The molecule has 0 saturated heterocycles. The van der Waals surface area contributed by atoms with Crippen molar-refractivity contribution >= 4 is 27.5 Å². The molecule has 0 aliphatic rings. The lowest BCUT2D eigenvalue weighted by atomic mass is 10.1. The third kappa shape index (κ3) is 4.48. The minimum absolute atomic E-state index is 0.108. The molecule has 1 amide bonds. The highest BCUT2D eigenvalue weighted by atomic mass is 32.1. The predicted octanol–water partition coefficient (Wildman–Crippen LogP) is 4.00. The Hall–Kier alpha value is -2.24. The minimum Gasteiger partial charge on any atom is -0.338 e. The van der Waals surface area contributed by atoms with Gasteiger partial charge in [0.05, 0.1) is 23.3 Å². The summed E-state index contributed by atoms with van der Waals surface area (Å²) in [6.07, 6.45) is 0. The standard InChI is InChI=1S/C21H25N3OS/c1-15-9-10-17(16(2)11-15)12-23(3)14-21(25)24(4)13-20-22-18-7-5-6-8-19(18)26-20/h5-11H,12-14H2,1-4H3. The van der Waals surface area contributed by atoms with E-state index in [1.54, 1.807) is 16.2 Å². The molecule has 3 aromatic rings. The van der Waals surface area contributed by atoms with Crippen LogP contribution in [0, 0.1) is 13.8 Å². The van der Waals surface area contributed by atoms with E-state index in [1.165, 1.54) is 16.7 Å². The zero-order valence-corrected chi connectivity index (χ0v) is 16.6. The van der Waals surface area contributed by atoms with E-state index in [0.717, 1.165) is 21.8 Å². The van der Waals surface area contributed by atoms with Gasteiger partial charge in [-0.25, -0.2) is 4.98 Å². The van der Waals surface area contributed by atoms with Crippen molar-refractivity contribution in [3.63, 3.8) is 0 Å². The third-order valence-electron chi connectivity index (χ3n) is 4.48. The lowest BCUT2D eigenvalue weighted by molar-refractivity contribution is -0.131. The van der Waals surface area contributed by atoms with Crippen molar-refractivity contribution in [3.05, 3.63) is 64.2 Å². The molecule has 0 N–H and O–H groups in total. The van der Waals surface area contributed by atoms with E-state index in [1.807, 2.05) is 32.3 Å². The number of carbonyl (C=O) groups is 1. The first-order chi connectivity index (χ1) is 12.4. The SMILES string of the molecule is Cc1ccc(CN(C)CC(=O)N(C)Cc2nc3ccccc3s2)c(C)c1. The first-order valence-corrected chi connectivity index (χ1v) is 9.57. The first-order valence-electron chi connectivity index (χ1n) is 8.75. The summed E-state index contributed by atoms with van der Waals surface area (Å²) in [5, 5.41) is 0.971. The molecule has 0 saturated carbocycles. The molecule has 26 heavy (non-hydrogen) atoms. The fourth-order valence-corrected chi connectivity index (χ4v) is 4.02. The molecular weight excluding hydrogens is 342 g/mol. The maximum Gasteiger partial charge on any atom is 0.236 e. The molecule has 0 unspecified atom stereocenters. The van der Waals surface area contributed by atoms with Crippen LogP contribution in [0.25, 0.3) is 10.2 Å². The van der Waals surface area contributed by atoms with Gasteiger partial charge in [-0.2, -0.15) is 0 Å². The number of carbonyl (C=O) groups excluding carboxylic acids is 1. The van der Waals surface area contributed by atoms with E-state index in [4.69, 9.17) is 0 Å². The number of thiazole rings is 1. The summed E-state index contributed by atoms with van der Waals surface area (Å²) in [7, 11) is 3.84. The Morgan fingerprint density at radius 3 is 2.58 bits per heavy atom. The Labute approximate surface area is 159 Å². The van der Waals surface area contributed by atoms with E-state index < -0.39 is 0 Å². The molecule has 0 bridgehead atoms. The number of rotatable bonds is 6. The topological polar surface area (TPSA) is 36.4 Å². The molecule has 0 radical (unpaired) electrons. The van der Waals surface area contributed by atoms with Gasteiger partial charge < -0.3 is 4.90 Å². The quantitative estimate of drug-likeness (QED) is 0.661. The van der Waals surface area contributed by atoms with Crippen LogP contribution in [0.3, 0.4) is 0 Å². The lowest BCUT2D eigenvalue weighted by Crippen LogP contribution is -2.36. The molecule has 2 aromatic carbocycles. The van der Waals surface area contributed by atoms with Gasteiger partial charge in [0.25, 0.3) is 0 Å². The Morgan fingerprint density at radius 2 is 1.85 bits per heavy atom. The summed E-state index contributed by atoms with van der Waals surface area (Å²) in [4.78, 5) is 21.0. The van der Waals surface area contributed by atoms with Crippen molar-refractivity contribution in [1.29, 1.82) is 0 Å². The average molecular weight is 368 g/mol. The largest absolute Gasteiger partial charge is 0.338 e. The van der Waals surface area contributed by atoms with Gasteiger partial charge in [0, 0.05) is 13.6 Å². The number of para-hydroxylation sites is 1. The molecule has 1 aromatic heterocycles. The number of hydrogen-bond donors (Lipinski definition) is 0. The number of aromatic nitrogens is 1. The highest BCUT2D eigenvalue weighted by molar-refractivity contribution is 7.18. The molecule has 0 aliphatic carbocycles. The van der Waals surface area contributed by atoms with Crippen LogP contribution >= 0.6 is 11.3 Å². The number of hydrogen-bond acceptors (Lipinski definition) is 4. The van der Waals surface area contributed by atoms with Gasteiger partial charge in [-0.1, -0.05) is 35.9 Å². The van der Waals surface area contributed by atoms with Gasteiger partial charge >= 0.3 is 0 Å². The van der Waals surface area contributed by atoms with Crippen LogP contribution in [-0.2, 0) is 17.9 Å². The second-order valence-electron chi connectivity index (χ2n) is 6.93. The van der Waals surface area contributed by atoms with Crippen LogP contribution in [-0.4, -0.2) is 41.3 Å². The summed E-state index contributed by atoms with van der Waals surface area (Å²) >= 11 is 1.65. The van der Waals surface area contributed by atoms with Crippen molar-refractivity contribution in [2.75, 3.05) is 20.6 Å².